The molecule has 0 saturated carbocycles. The van der Waals surface area contributed by atoms with Gasteiger partial charge in [0.05, 0.1) is 5.69 Å². The number of halogens is 2. The van der Waals surface area contributed by atoms with Crippen molar-refractivity contribution in [2.75, 3.05) is 11.9 Å². The van der Waals surface area contributed by atoms with Crippen molar-refractivity contribution >= 4 is 41.2 Å². The highest BCUT2D eigenvalue weighted by molar-refractivity contribution is 6.30. The summed E-state index contributed by atoms with van der Waals surface area (Å²) in [6, 6.07) is 15.6. The molecular weight excluding hydrogens is 423 g/mol. The number of carbonyl (C=O) groups is 3. The van der Waals surface area contributed by atoms with E-state index in [4.69, 9.17) is 11.6 Å². The molecule has 156 valence electrons. The highest BCUT2D eigenvalue weighted by atomic mass is 35.5. The van der Waals surface area contributed by atoms with Crippen LogP contribution in [0.3, 0.4) is 0 Å². The number of benzene rings is 2. The zero-order valence-electron chi connectivity index (χ0n) is 16.0. The van der Waals surface area contributed by atoms with Crippen molar-refractivity contribution < 1.29 is 18.8 Å². The summed E-state index contributed by atoms with van der Waals surface area (Å²) in [5.74, 6) is -1.96. The normalized spacial score (nSPS) is 14.8. The minimum atomic E-state index is -0.732. The zero-order valence-corrected chi connectivity index (χ0v) is 16.8. The quantitative estimate of drug-likeness (QED) is 0.469. The number of carbonyl (C=O) groups excluding carboxylic acids is 3. The lowest BCUT2D eigenvalue weighted by Gasteiger charge is -2.12. The standard InChI is InChI=1S/C22H16ClFN4O3/c23-14-7-9-15(10-8-14)27-11-3-4-16(27)12-19-21(30)28(22(31)26-19)13-20(29)25-18-6-2-1-5-17(18)24/h1-12H,13H2,(H,25,29)(H,26,31)/b19-12+. The van der Waals surface area contributed by atoms with E-state index in [1.807, 2.05) is 16.7 Å². The lowest BCUT2D eigenvalue weighted by molar-refractivity contribution is -0.127. The predicted molar refractivity (Wildman–Crippen MR) is 114 cm³/mol. The molecule has 7 nitrogen and oxygen atoms in total. The lowest BCUT2D eigenvalue weighted by Crippen LogP contribution is -2.38. The van der Waals surface area contributed by atoms with Crippen LogP contribution < -0.4 is 10.6 Å². The van der Waals surface area contributed by atoms with Gasteiger partial charge < -0.3 is 15.2 Å². The van der Waals surface area contributed by atoms with E-state index in [1.54, 1.807) is 36.5 Å². The van der Waals surface area contributed by atoms with Crippen molar-refractivity contribution in [3.05, 3.63) is 89.1 Å². The Morgan fingerprint density at radius 2 is 1.81 bits per heavy atom. The van der Waals surface area contributed by atoms with E-state index in [9.17, 15) is 18.8 Å². The largest absolute Gasteiger partial charge is 0.329 e. The van der Waals surface area contributed by atoms with E-state index in [1.165, 1.54) is 24.3 Å². The Kier molecular flexibility index (Phi) is 5.55. The molecule has 1 aliphatic rings. The van der Waals surface area contributed by atoms with Crippen molar-refractivity contribution in [1.29, 1.82) is 0 Å². The second-order valence-corrected chi connectivity index (χ2v) is 7.12. The number of urea groups is 1. The second kappa shape index (κ2) is 8.45. The molecule has 1 aromatic heterocycles. The molecule has 3 aromatic rings. The Morgan fingerprint density at radius 1 is 1.06 bits per heavy atom. The van der Waals surface area contributed by atoms with E-state index in [0.717, 1.165) is 10.6 Å². The first-order valence-electron chi connectivity index (χ1n) is 9.24. The maximum atomic E-state index is 13.7. The predicted octanol–water partition coefficient (Wildman–Crippen LogP) is 3.80. The smallest absolute Gasteiger partial charge is 0.322 e. The average Bonchev–Trinajstić information content (AvgIpc) is 3.30. The van der Waals surface area contributed by atoms with Gasteiger partial charge in [-0.05, 0) is 54.6 Å². The number of aromatic nitrogens is 1. The van der Waals surface area contributed by atoms with Crippen LogP contribution in [0.2, 0.25) is 5.02 Å². The molecule has 1 saturated heterocycles. The van der Waals surface area contributed by atoms with Crippen molar-refractivity contribution in [3.8, 4) is 5.69 Å². The van der Waals surface area contributed by atoms with Gasteiger partial charge in [-0.1, -0.05) is 23.7 Å². The fourth-order valence-corrected chi connectivity index (χ4v) is 3.23. The van der Waals surface area contributed by atoms with Crippen molar-refractivity contribution in [2.24, 2.45) is 0 Å². The summed E-state index contributed by atoms with van der Waals surface area (Å²) in [4.78, 5) is 37.9. The fourth-order valence-electron chi connectivity index (χ4n) is 3.11. The molecule has 31 heavy (non-hydrogen) atoms. The van der Waals surface area contributed by atoms with Crippen molar-refractivity contribution in [2.45, 2.75) is 0 Å². The molecule has 4 amide bonds. The van der Waals surface area contributed by atoms with Gasteiger partial charge in [-0.3, -0.25) is 9.59 Å². The highest BCUT2D eigenvalue weighted by Crippen LogP contribution is 2.20. The molecule has 1 fully saturated rings. The van der Waals surface area contributed by atoms with Crippen LogP contribution in [0.15, 0.2) is 72.6 Å². The van der Waals surface area contributed by atoms with Crippen molar-refractivity contribution in [3.63, 3.8) is 0 Å². The summed E-state index contributed by atoms with van der Waals surface area (Å²) in [6.07, 6.45) is 3.32. The summed E-state index contributed by atoms with van der Waals surface area (Å²) in [7, 11) is 0. The molecule has 0 atom stereocenters. The van der Waals surface area contributed by atoms with Crippen molar-refractivity contribution in [1.82, 2.24) is 14.8 Å². The van der Waals surface area contributed by atoms with E-state index in [0.29, 0.717) is 10.7 Å². The lowest BCUT2D eigenvalue weighted by atomic mass is 10.2. The summed E-state index contributed by atoms with van der Waals surface area (Å²) < 4.78 is 15.5. The van der Waals surface area contributed by atoms with Crippen LogP contribution in [0.5, 0.6) is 0 Å². The van der Waals surface area contributed by atoms with E-state index in [-0.39, 0.29) is 11.4 Å². The Balaban J connectivity index is 1.51. The average molecular weight is 439 g/mol. The Hall–Kier alpha value is -3.91. The van der Waals surface area contributed by atoms with Crippen LogP contribution in [0.1, 0.15) is 5.69 Å². The number of anilines is 1. The molecule has 1 aliphatic heterocycles. The highest BCUT2D eigenvalue weighted by Gasteiger charge is 2.35. The minimum Gasteiger partial charge on any atom is -0.322 e. The molecule has 2 N–H and O–H groups in total. The Bertz CT molecular complexity index is 1200. The van der Waals surface area contributed by atoms with E-state index < -0.39 is 30.2 Å². The number of nitrogens with zero attached hydrogens (tertiary/aromatic N) is 2. The van der Waals surface area contributed by atoms with Gasteiger partial charge in [0.25, 0.3) is 5.91 Å². The first kappa shape index (κ1) is 20.4. The van der Waals surface area contributed by atoms with Gasteiger partial charge in [-0.25, -0.2) is 14.1 Å². The van der Waals surface area contributed by atoms with Crippen LogP contribution in [0.4, 0.5) is 14.9 Å². The third kappa shape index (κ3) is 4.34. The van der Waals surface area contributed by atoms with Gasteiger partial charge in [-0.2, -0.15) is 0 Å². The number of hydrogen-bond donors (Lipinski definition) is 2. The zero-order chi connectivity index (χ0) is 22.0. The van der Waals surface area contributed by atoms with Gasteiger partial charge in [-0.15, -0.1) is 0 Å². The van der Waals surface area contributed by atoms with Crippen LogP contribution in [0.25, 0.3) is 11.8 Å². The molecule has 2 heterocycles. The Labute approximate surface area is 181 Å². The van der Waals surface area contributed by atoms with Gasteiger partial charge in [0.1, 0.15) is 18.1 Å². The van der Waals surface area contributed by atoms with Gasteiger partial charge >= 0.3 is 6.03 Å². The van der Waals surface area contributed by atoms with Gasteiger partial charge in [0.2, 0.25) is 5.91 Å². The summed E-state index contributed by atoms with van der Waals surface area (Å²) in [6.45, 7) is -0.547. The Morgan fingerprint density at radius 3 is 2.55 bits per heavy atom. The van der Waals surface area contributed by atoms with Gasteiger partial charge in [0.15, 0.2) is 0 Å². The first-order valence-corrected chi connectivity index (χ1v) is 9.62. The van der Waals surface area contributed by atoms with E-state index >= 15 is 0 Å². The third-order valence-corrected chi connectivity index (χ3v) is 4.84. The third-order valence-electron chi connectivity index (χ3n) is 4.59. The molecule has 0 spiro atoms. The first-order chi connectivity index (χ1) is 14.9. The maximum Gasteiger partial charge on any atom is 0.329 e. The molecular formula is C22H16ClFN4O3. The minimum absolute atomic E-state index is 0.0256. The SMILES string of the molecule is O=C(CN1C(=O)N/C(=C/c2cccn2-c2ccc(Cl)cc2)C1=O)Nc1ccccc1F. The molecule has 0 unspecified atom stereocenters. The fraction of sp³-hybridized carbons (Fsp3) is 0.0455. The summed E-state index contributed by atoms with van der Waals surface area (Å²) in [5, 5.41) is 5.42. The summed E-state index contributed by atoms with van der Waals surface area (Å²) >= 11 is 5.93. The second-order valence-electron chi connectivity index (χ2n) is 6.69. The number of rotatable bonds is 5. The number of nitrogens with one attached hydrogen (secondary N) is 2. The topological polar surface area (TPSA) is 83.4 Å². The van der Waals surface area contributed by atoms with Gasteiger partial charge in [0, 0.05) is 22.6 Å². The molecule has 0 bridgehead atoms. The number of hydrogen-bond acceptors (Lipinski definition) is 3. The van der Waals surface area contributed by atoms with Crippen LogP contribution in [0, 0.1) is 5.82 Å². The molecule has 0 aliphatic carbocycles. The van der Waals surface area contributed by atoms with E-state index in [2.05, 4.69) is 10.6 Å². The number of imide groups is 1. The molecule has 4 rings (SSSR count). The van der Waals surface area contributed by atoms with Crippen LogP contribution in [-0.4, -0.2) is 33.9 Å². The molecule has 9 heteroatoms. The van der Waals surface area contributed by atoms with Crippen LogP contribution in [-0.2, 0) is 9.59 Å². The number of amides is 4. The number of para-hydroxylation sites is 1. The monoisotopic (exact) mass is 438 g/mol. The molecule has 0 radical (unpaired) electrons. The maximum absolute atomic E-state index is 13.7. The van der Waals surface area contributed by atoms with Crippen LogP contribution >= 0.6 is 11.6 Å². The summed E-state index contributed by atoms with van der Waals surface area (Å²) in [5.41, 5.74) is 1.46. The molecule has 2 aromatic carbocycles.